The number of hydrogen-bond donors (Lipinski definition) is 0. The number of tetrazole rings is 1. The number of nitrogens with zero attached hydrogens (tertiary/aromatic N) is 7. The molecular weight excluding hydrogens is 379 g/mol. The van der Waals surface area contributed by atoms with Crippen molar-refractivity contribution in [2.75, 3.05) is 0 Å². The summed E-state index contributed by atoms with van der Waals surface area (Å²) in [6.45, 7) is 0.187. The summed E-state index contributed by atoms with van der Waals surface area (Å²) in [6, 6.07) is 4.51. The Morgan fingerprint density at radius 2 is 2.08 bits per heavy atom. The molecule has 0 amide bonds. The maximum atomic E-state index is 12.4. The van der Waals surface area contributed by atoms with Crippen molar-refractivity contribution in [3.63, 3.8) is 0 Å². The summed E-state index contributed by atoms with van der Waals surface area (Å²) in [6.07, 6.45) is -0.859. The number of alkyl halides is 3. The molecule has 0 aromatic carbocycles. The van der Waals surface area contributed by atoms with Crippen LogP contribution in [0.5, 0.6) is 5.88 Å². The van der Waals surface area contributed by atoms with Gasteiger partial charge in [0.15, 0.2) is 5.82 Å². The summed E-state index contributed by atoms with van der Waals surface area (Å²) in [5.74, 6) is -1.18. The zero-order chi connectivity index (χ0) is 18.7. The van der Waals surface area contributed by atoms with Gasteiger partial charge in [0.25, 0.3) is 12.3 Å². The summed E-state index contributed by atoms with van der Waals surface area (Å²) < 4.78 is 43.3. The minimum absolute atomic E-state index is 0.00257. The first-order valence-corrected chi connectivity index (χ1v) is 7.12. The summed E-state index contributed by atoms with van der Waals surface area (Å²) in [5.41, 5.74) is 0.217. The Hall–Kier alpha value is -3.28. The molecule has 3 heterocycles. The van der Waals surface area contributed by atoms with Crippen LogP contribution < -0.4 is 4.74 Å². The molecule has 0 aliphatic rings. The van der Waals surface area contributed by atoms with Gasteiger partial charge in [-0.3, -0.25) is 4.79 Å². The van der Waals surface area contributed by atoms with Crippen molar-refractivity contribution >= 4 is 30.3 Å². The van der Waals surface area contributed by atoms with Crippen molar-refractivity contribution in [2.45, 2.75) is 6.18 Å². The van der Waals surface area contributed by atoms with Gasteiger partial charge in [0.05, 0.1) is 16.9 Å². The lowest BCUT2D eigenvalue weighted by molar-refractivity contribution is -0.145. The number of halogens is 4. The molecule has 3 rings (SSSR count). The van der Waals surface area contributed by atoms with Gasteiger partial charge >= 0.3 is 6.18 Å². The SMILES string of the molecule is O=COc1cc(C=Cn2nnc(C(F)(F)F)n2)nn1-c1ncccc1Cl. The van der Waals surface area contributed by atoms with Crippen LogP contribution in [0.3, 0.4) is 0 Å². The monoisotopic (exact) mass is 385 g/mol. The fraction of sp³-hybridized carbons (Fsp3) is 0.0769. The number of rotatable bonds is 5. The standard InChI is InChI=1S/C13H7ClF3N7O2/c14-9-2-1-4-18-11(9)24-10(26-7-25)6-8(20-24)3-5-23-21-12(19-22-23)13(15,16)17/h1-7H. The van der Waals surface area contributed by atoms with Gasteiger partial charge in [0.2, 0.25) is 5.88 Å². The zero-order valence-corrected chi connectivity index (χ0v) is 13.3. The number of aromatic nitrogens is 7. The number of ether oxygens (including phenoxy) is 1. The molecule has 0 saturated heterocycles. The topological polar surface area (TPSA) is 101 Å². The molecule has 3 aromatic heterocycles. The minimum atomic E-state index is -4.70. The third-order valence-electron chi connectivity index (χ3n) is 2.86. The first-order valence-electron chi connectivity index (χ1n) is 6.74. The van der Waals surface area contributed by atoms with Crippen molar-refractivity contribution in [1.82, 2.24) is 35.0 Å². The average molecular weight is 386 g/mol. The van der Waals surface area contributed by atoms with Gasteiger partial charge in [-0.25, -0.2) is 4.98 Å². The van der Waals surface area contributed by atoms with E-state index < -0.39 is 12.0 Å². The lowest BCUT2D eigenvalue weighted by Gasteiger charge is -2.05. The van der Waals surface area contributed by atoms with Crippen molar-refractivity contribution in [2.24, 2.45) is 0 Å². The molecule has 0 bridgehead atoms. The lowest BCUT2D eigenvalue weighted by atomic mass is 10.4. The molecule has 9 nitrogen and oxygen atoms in total. The predicted octanol–water partition coefficient (Wildman–Crippen LogP) is 2.09. The van der Waals surface area contributed by atoms with Crippen molar-refractivity contribution in [3.05, 3.63) is 40.9 Å². The Balaban J connectivity index is 1.92. The number of carbonyl (C=O) groups excluding carboxylic acids is 1. The molecular formula is C13H7ClF3N7O2. The highest BCUT2D eigenvalue weighted by Gasteiger charge is 2.36. The second-order valence-corrected chi connectivity index (χ2v) is 5.00. The van der Waals surface area contributed by atoms with Gasteiger partial charge < -0.3 is 4.74 Å². The largest absolute Gasteiger partial charge is 0.455 e. The molecule has 0 atom stereocenters. The van der Waals surface area contributed by atoms with Gasteiger partial charge in [-0.1, -0.05) is 11.6 Å². The van der Waals surface area contributed by atoms with Crippen LogP contribution in [-0.4, -0.2) is 41.4 Å². The second kappa shape index (κ2) is 6.92. The number of carbonyl (C=O) groups is 1. The third kappa shape index (κ3) is 3.69. The van der Waals surface area contributed by atoms with Crippen LogP contribution in [0.1, 0.15) is 11.5 Å². The summed E-state index contributed by atoms with van der Waals surface area (Å²) >= 11 is 6.03. The third-order valence-corrected chi connectivity index (χ3v) is 3.16. The van der Waals surface area contributed by atoms with E-state index >= 15 is 0 Å². The number of pyridine rings is 1. The highest BCUT2D eigenvalue weighted by Crippen LogP contribution is 2.25. The number of hydrogen-bond acceptors (Lipinski definition) is 7. The maximum Gasteiger partial charge on any atom is 0.455 e. The van der Waals surface area contributed by atoms with E-state index in [1.807, 2.05) is 0 Å². The Labute approximate surface area is 147 Å². The van der Waals surface area contributed by atoms with Crippen LogP contribution in [0, 0.1) is 0 Å². The van der Waals surface area contributed by atoms with Gasteiger partial charge in [-0.15, -0.1) is 15.0 Å². The normalized spacial score (nSPS) is 11.8. The molecule has 0 saturated carbocycles. The van der Waals surface area contributed by atoms with Crippen molar-refractivity contribution < 1.29 is 22.7 Å². The fourth-order valence-corrected chi connectivity index (χ4v) is 2.03. The Kier molecular flexibility index (Phi) is 4.67. The molecule has 0 radical (unpaired) electrons. The minimum Gasteiger partial charge on any atom is -0.409 e. The van der Waals surface area contributed by atoms with E-state index in [0.717, 1.165) is 10.9 Å². The van der Waals surface area contributed by atoms with E-state index in [2.05, 4.69) is 25.5 Å². The first kappa shape index (κ1) is 17.5. The van der Waals surface area contributed by atoms with Gasteiger partial charge in [-0.05, 0) is 23.4 Å². The van der Waals surface area contributed by atoms with E-state index in [1.54, 1.807) is 12.1 Å². The van der Waals surface area contributed by atoms with Crippen LogP contribution in [-0.2, 0) is 11.0 Å². The van der Waals surface area contributed by atoms with Crippen LogP contribution >= 0.6 is 11.6 Å². The van der Waals surface area contributed by atoms with Crippen LogP contribution in [0.4, 0.5) is 13.2 Å². The van der Waals surface area contributed by atoms with Gasteiger partial charge in [-0.2, -0.15) is 23.0 Å². The fourth-order valence-electron chi connectivity index (χ4n) is 1.83. The summed E-state index contributed by atoms with van der Waals surface area (Å²) in [7, 11) is 0. The first-order chi connectivity index (χ1) is 12.4. The summed E-state index contributed by atoms with van der Waals surface area (Å²) in [4.78, 5) is 15.3. The molecule has 0 N–H and O–H groups in total. The van der Waals surface area contributed by atoms with Gasteiger partial charge in [0, 0.05) is 12.3 Å². The van der Waals surface area contributed by atoms with Gasteiger partial charge in [0.1, 0.15) is 0 Å². The highest BCUT2D eigenvalue weighted by molar-refractivity contribution is 6.32. The second-order valence-electron chi connectivity index (χ2n) is 4.59. The molecule has 0 aliphatic carbocycles. The molecule has 0 aliphatic heterocycles. The van der Waals surface area contributed by atoms with Crippen LogP contribution in [0.2, 0.25) is 5.02 Å². The van der Waals surface area contributed by atoms with E-state index in [0.29, 0.717) is 4.80 Å². The zero-order valence-electron chi connectivity index (χ0n) is 12.5. The average Bonchev–Trinajstić information content (AvgIpc) is 3.21. The molecule has 0 unspecified atom stereocenters. The highest BCUT2D eigenvalue weighted by atomic mass is 35.5. The smallest absolute Gasteiger partial charge is 0.409 e. The van der Waals surface area contributed by atoms with Crippen molar-refractivity contribution in [3.8, 4) is 11.7 Å². The molecule has 0 fully saturated rings. The summed E-state index contributed by atoms with van der Waals surface area (Å²) in [5, 5.41) is 13.7. The molecule has 134 valence electrons. The maximum absolute atomic E-state index is 12.4. The Bertz CT molecular complexity index is 967. The Morgan fingerprint density at radius 3 is 2.73 bits per heavy atom. The predicted molar refractivity (Wildman–Crippen MR) is 81.1 cm³/mol. The quantitative estimate of drug-likeness (QED) is 0.620. The van der Waals surface area contributed by atoms with E-state index in [9.17, 15) is 18.0 Å². The molecule has 0 spiro atoms. The van der Waals surface area contributed by atoms with E-state index in [1.165, 1.54) is 18.3 Å². The van der Waals surface area contributed by atoms with Crippen molar-refractivity contribution in [1.29, 1.82) is 0 Å². The van der Waals surface area contributed by atoms with Crippen LogP contribution in [0.25, 0.3) is 18.1 Å². The molecule has 13 heteroatoms. The molecule has 26 heavy (non-hydrogen) atoms. The van der Waals surface area contributed by atoms with E-state index in [4.69, 9.17) is 16.3 Å². The van der Waals surface area contributed by atoms with Crippen LogP contribution in [0.15, 0.2) is 24.4 Å². The Morgan fingerprint density at radius 1 is 1.27 bits per heavy atom. The van der Waals surface area contributed by atoms with E-state index in [-0.39, 0.29) is 28.9 Å². The lowest BCUT2D eigenvalue weighted by Crippen LogP contribution is -2.08. The molecule has 3 aromatic rings.